The predicted octanol–water partition coefficient (Wildman–Crippen LogP) is 6.19. The van der Waals surface area contributed by atoms with Gasteiger partial charge in [-0.2, -0.15) is 0 Å². The molecular weight excluding hydrogens is 438 g/mol. The van der Waals surface area contributed by atoms with Crippen molar-refractivity contribution in [1.82, 2.24) is 4.90 Å². The Hall–Kier alpha value is -2.60. The average molecular weight is 478 g/mol. The third-order valence-corrected chi connectivity index (χ3v) is 7.10. The third kappa shape index (κ3) is 7.20. The number of aromatic hydroxyl groups is 1. The van der Waals surface area contributed by atoms with Crippen LogP contribution >= 0.6 is 0 Å². The second-order valence-corrected chi connectivity index (χ2v) is 9.52. The lowest BCUT2D eigenvalue weighted by Crippen LogP contribution is -2.33. The first-order valence-electron chi connectivity index (χ1n) is 13.0. The van der Waals surface area contributed by atoms with E-state index in [1.54, 1.807) is 12.1 Å². The van der Waals surface area contributed by atoms with Gasteiger partial charge in [0.2, 0.25) is 0 Å². The van der Waals surface area contributed by atoms with Gasteiger partial charge in [-0.15, -0.1) is 0 Å². The van der Waals surface area contributed by atoms with E-state index in [-0.39, 0.29) is 11.7 Å². The first-order chi connectivity index (χ1) is 17.1. The summed E-state index contributed by atoms with van der Waals surface area (Å²) in [6.07, 6.45) is 8.01. The highest BCUT2D eigenvalue weighted by Gasteiger charge is 2.23. The van der Waals surface area contributed by atoms with Crippen molar-refractivity contribution in [3.8, 4) is 11.5 Å². The molecule has 2 aromatic carbocycles. The molecule has 1 heterocycles. The quantitative estimate of drug-likeness (QED) is 0.238. The molecule has 5 nitrogen and oxygen atoms in total. The van der Waals surface area contributed by atoms with E-state index in [0.29, 0.717) is 13.2 Å². The van der Waals surface area contributed by atoms with Gasteiger partial charge in [-0.25, -0.2) is 9.78 Å². The van der Waals surface area contributed by atoms with Crippen molar-refractivity contribution in [3.05, 3.63) is 76.9 Å². The standard InChI is InChI=1S/C30H39NO4/c1-3-34-35-22-26-11-16-29(25-9-12-27(32)13-10-25)30(23(26)2)21-24-7-14-28(15-8-24)33-20-19-31-17-5-4-6-18-31/h7-10,12-16,26,32H,3-6,11,17-22H2,1-2H3. The molecule has 0 spiro atoms. The van der Waals surface area contributed by atoms with Crippen LogP contribution < -0.4 is 4.74 Å². The highest BCUT2D eigenvalue weighted by Crippen LogP contribution is 2.38. The molecule has 1 aliphatic carbocycles. The van der Waals surface area contributed by atoms with E-state index in [2.05, 4.69) is 42.2 Å². The zero-order valence-electron chi connectivity index (χ0n) is 21.2. The van der Waals surface area contributed by atoms with E-state index >= 15 is 0 Å². The van der Waals surface area contributed by atoms with Gasteiger partial charge >= 0.3 is 0 Å². The van der Waals surface area contributed by atoms with Crippen LogP contribution in [0.15, 0.2) is 65.8 Å². The number of allylic oxidation sites excluding steroid dienone is 3. The lowest BCUT2D eigenvalue weighted by molar-refractivity contribution is -0.296. The summed E-state index contributed by atoms with van der Waals surface area (Å²) < 4.78 is 6.03. The molecule has 1 atom stereocenters. The third-order valence-electron chi connectivity index (χ3n) is 7.10. The van der Waals surface area contributed by atoms with Crippen molar-refractivity contribution in [2.24, 2.45) is 5.92 Å². The van der Waals surface area contributed by atoms with E-state index < -0.39 is 0 Å². The molecule has 0 aromatic heterocycles. The molecule has 1 saturated heterocycles. The highest BCUT2D eigenvalue weighted by molar-refractivity contribution is 5.81. The molecule has 35 heavy (non-hydrogen) atoms. The molecular formula is C30H39NO4. The van der Waals surface area contributed by atoms with Crippen LogP contribution in [0.3, 0.4) is 0 Å². The van der Waals surface area contributed by atoms with Gasteiger partial charge < -0.3 is 9.84 Å². The van der Waals surface area contributed by atoms with Crippen LogP contribution in [0.5, 0.6) is 11.5 Å². The van der Waals surface area contributed by atoms with Gasteiger partial charge in [-0.1, -0.05) is 42.3 Å². The topological polar surface area (TPSA) is 51.2 Å². The number of piperidine rings is 1. The maximum Gasteiger partial charge on any atom is 0.119 e. The molecule has 1 unspecified atom stereocenters. The number of hydrogen-bond donors (Lipinski definition) is 1. The second-order valence-electron chi connectivity index (χ2n) is 9.52. The summed E-state index contributed by atoms with van der Waals surface area (Å²) in [4.78, 5) is 13.1. The van der Waals surface area contributed by atoms with Gasteiger partial charge in [-0.3, -0.25) is 4.90 Å². The monoisotopic (exact) mass is 477 g/mol. The summed E-state index contributed by atoms with van der Waals surface area (Å²) in [5.41, 5.74) is 6.25. The van der Waals surface area contributed by atoms with Crippen molar-refractivity contribution in [2.75, 3.05) is 39.5 Å². The van der Waals surface area contributed by atoms with E-state index in [4.69, 9.17) is 14.5 Å². The summed E-state index contributed by atoms with van der Waals surface area (Å²) >= 11 is 0. The Labute approximate surface area is 209 Å². The minimum absolute atomic E-state index is 0.284. The number of phenols is 1. The molecule has 1 fully saturated rings. The minimum Gasteiger partial charge on any atom is -0.508 e. The van der Waals surface area contributed by atoms with Gasteiger partial charge in [0, 0.05) is 12.5 Å². The first-order valence-corrected chi connectivity index (χ1v) is 13.0. The van der Waals surface area contributed by atoms with Crippen molar-refractivity contribution < 1.29 is 19.6 Å². The summed E-state index contributed by atoms with van der Waals surface area (Å²) in [6.45, 7) is 9.36. The van der Waals surface area contributed by atoms with Gasteiger partial charge in [0.15, 0.2) is 0 Å². The fourth-order valence-corrected chi connectivity index (χ4v) is 4.98. The molecule has 1 N–H and O–H groups in total. The maximum atomic E-state index is 9.76. The van der Waals surface area contributed by atoms with Crippen LogP contribution in [0.25, 0.3) is 5.57 Å². The molecule has 188 valence electrons. The van der Waals surface area contributed by atoms with E-state index in [0.717, 1.165) is 37.3 Å². The maximum absolute atomic E-state index is 9.76. The molecule has 5 heteroatoms. The van der Waals surface area contributed by atoms with Crippen LogP contribution in [0.1, 0.15) is 50.7 Å². The summed E-state index contributed by atoms with van der Waals surface area (Å²) in [5, 5.41) is 9.76. The van der Waals surface area contributed by atoms with Crippen molar-refractivity contribution in [2.45, 2.75) is 46.0 Å². The number of benzene rings is 2. The lowest BCUT2D eigenvalue weighted by Gasteiger charge is -2.27. The molecule has 4 rings (SSSR count). The molecule has 2 aromatic rings. The SMILES string of the molecule is CCOOCC1CC=C(c2ccc(O)cc2)C(Cc2ccc(OCCN3CCCCC3)cc2)=C1C. The Balaban J connectivity index is 1.44. The van der Waals surface area contributed by atoms with Crippen LogP contribution in [-0.2, 0) is 16.2 Å². The zero-order chi connectivity index (χ0) is 24.5. The fraction of sp³-hybridized carbons (Fsp3) is 0.467. The smallest absolute Gasteiger partial charge is 0.119 e. The van der Waals surface area contributed by atoms with Crippen LogP contribution in [-0.4, -0.2) is 49.5 Å². The normalized spacial score (nSPS) is 19.0. The van der Waals surface area contributed by atoms with Crippen molar-refractivity contribution in [1.29, 1.82) is 0 Å². The van der Waals surface area contributed by atoms with Gasteiger partial charge in [0.05, 0.1) is 13.2 Å². The van der Waals surface area contributed by atoms with Crippen LogP contribution in [0.4, 0.5) is 0 Å². The summed E-state index contributed by atoms with van der Waals surface area (Å²) in [6, 6.07) is 16.0. The fourth-order valence-electron chi connectivity index (χ4n) is 4.98. The Kier molecular flexibility index (Phi) is 9.41. The number of phenolic OH excluding ortho intramolecular Hbond substituents is 1. The second kappa shape index (κ2) is 12.9. The van der Waals surface area contributed by atoms with Crippen molar-refractivity contribution in [3.63, 3.8) is 0 Å². The number of likely N-dealkylation sites (tertiary alicyclic amines) is 1. The Morgan fingerprint density at radius 1 is 0.943 bits per heavy atom. The summed E-state index contributed by atoms with van der Waals surface area (Å²) in [7, 11) is 0. The van der Waals surface area contributed by atoms with E-state index in [1.165, 1.54) is 54.6 Å². The Bertz CT molecular complexity index is 988. The largest absolute Gasteiger partial charge is 0.508 e. The zero-order valence-corrected chi connectivity index (χ0v) is 21.2. The van der Waals surface area contributed by atoms with Gasteiger partial charge in [0.1, 0.15) is 18.1 Å². The van der Waals surface area contributed by atoms with E-state index in [1.807, 2.05) is 19.1 Å². The van der Waals surface area contributed by atoms with Crippen LogP contribution in [0.2, 0.25) is 0 Å². The Morgan fingerprint density at radius 2 is 1.69 bits per heavy atom. The molecule has 0 saturated carbocycles. The molecule has 1 aliphatic heterocycles. The summed E-state index contributed by atoms with van der Waals surface area (Å²) in [5.74, 6) is 1.50. The van der Waals surface area contributed by atoms with Gasteiger partial charge in [-0.05, 0) is 99.2 Å². The number of nitrogens with zero attached hydrogens (tertiary/aromatic N) is 1. The van der Waals surface area contributed by atoms with Gasteiger partial charge in [0.25, 0.3) is 0 Å². The molecule has 0 bridgehead atoms. The highest BCUT2D eigenvalue weighted by atomic mass is 17.2. The first kappa shape index (κ1) is 25.5. The predicted molar refractivity (Wildman–Crippen MR) is 140 cm³/mol. The lowest BCUT2D eigenvalue weighted by atomic mass is 9.79. The van der Waals surface area contributed by atoms with E-state index in [9.17, 15) is 5.11 Å². The molecule has 0 amide bonds. The number of hydrogen-bond acceptors (Lipinski definition) is 5. The molecule has 0 radical (unpaired) electrons. The van der Waals surface area contributed by atoms with Crippen LogP contribution in [0, 0.1) is 5.92 Å². The number of ether oxygens (including phenoxy) is 1. The molecule has 2 aliphatic rings. The average Bonchev–Trinajstić information content (AvgIpc) is 2.88. The minimum atomic E-state index is 0.284. The van der Waals surface area contributed by atoms with Crippen molar-refractivity contribution >= 4 is 5.57 Å². The Morgan fingerprint density at radius 3 is 2.40 bits per heavy atom. The number of rotatable bonds is 11.